The normalized spacial score (nSPS) is 11.7. The summed E-state index contributed by atoms with van der Waals surface area (Å²) in [4.78, 5) is 15.3. The summed E-state index contributed by atoms with van der Waals surface area (Å²) in [6, 6.07) is 14.3. The highest BCUT2D eigenvalue weighted by molar-refractivity contribution is 7.98. The summed E-state index contributed by atoms with van der Waals surface area (Å²) in [5.41, 5.74) is -1.91. The molecule has 0 radical (unpaired) electrons. The fraction of sp³-hybridized carbons (Fsp3) is 0.214. The van der Waals surface area contributed by atoms with E-state index in [0.717, 1.165) is 43.7 Å². The van der Waals surface area contributed by atoms with Crippen molar-refractivity contribution in [1.29, 1.82) is 5.26 Å². The van der Waals surface area contributed by atoms with Crippen molar-refractivity contribution in [3.8, 4) is 27.1 Å². The fourth-order valence-electron chi connectivity index (χ4n) is 4.01. The van der Waals surface area contributed by atoms with E-state index in [1.54, 1.807) is 23.9 Å². The number of halogens is 5. The van der Waals surface area contributed by atoms with E-state index in [9.17, 15) is 32.0 Å². The third kappa shape index (κ3) is 5.54. The topological polar surface area (TPSA) is 45.8 Å². The molecular formula is C28H21F5N2OS2. The Kier molecular flexibility index (Phi) is 7.81. The molecule has 4 rings (SSSR count). The Balaban J connectivity index is 1.93. The first kappa shape index (κ1) is 27.6. The van der Waals surface area contributed by atoms with Gasteiger partial charge in [-0.25, -0.2) is 8.78 Å². The van der Waals surface area contributed by atoms with Crippen LogP contribution in [0.4, 0.5) is 22.0 Å². The van der Waals surface area contributed by atoms with E-state index in [-0.39, 0.29) is 17.2 Å². The molecule has 0 aliphatic heterocycles. The molecule has 0 saturated heterocycles. The number of hydrogen-bond donors (Lipinski definition) is 0. The molecule has 0 spiro atoms. The number of hydrogen-bond acceptors (Lipinski definition) is 4. The van der Waals surface area contributed by atoms with Crippen LogP contribution in [0, 0.1) is 23.0 Å². The molecule has 0 fully saturated rings. The Morgan fingerprint density at radius 1 is 1.03 bits per heavy atom. The van der Waals surface area contributed by atoms with E-state index >= 15 is 0 Å². The number of thiophene rings is 1. The van der Waals surface area contributed by atoms with E-state index in [0.29, 0.717) is 10.9 Å². The van der Waals surface area contributed by atoms with Gasteiger partial charge in [-0.15, -0.1) is 23.1 Å². The lowest BCUT2D eigenvalue weighted by Crippen LogP contribution is -2.28. The smallest absolute Gasteiger partial charge is 0.302 e. The van der Waals surface area contributed by atoms with E-state index < -0.39 is 41.0 Å². The number of pyridine rings is 1. The highest BCUT2D eigenvalue weighted by Crippen LogP contribution is 2.39. The second-order valence-electron chi connectivity index (χ2n) is 8.87. The number of thioether (sulfide) groups is 1. The van der Waals surface area contributed by atoms with Crippen LogP contribution in [0.1, 0.15) is 42.0 Å². The van der Waals surface area contributed by atoms with E-state index in [4.69, 9.17) is 0 Å². The average molecular weight is 561 g/mol. The predicted molar refractivity (Wildman–Crippen MR) is 140 cm³/mol. The Morgan fingerprint density at radius 2 is 1.74 bits per heavy atom. The number of rotatable bonds is 6. The molecule has 4 aromatic rings. The van der Waals surface area contributed by atoms with Gasteiger partial charge < -0.3 is 4.57 Å². The van der Waals surface area contributed by atoms with Gasteiger partial charge in [-0.1, -0.05) is 26.0 Å². The average Bonchev–Trinajstić information content (AvgIpc) is 3.35. The van der Waals surface area contributed by atoms with Gasteiger partial charge in [-0.2, -0.15) is 18.4 Å². The van der Waals surface area contributed by atoms with Crippen molar-refractivity contribution in [3.05, 3.63) is 98.8 Å². The fourth-order valence-corrected chi connectivity index (χ4v) is 5.52. The minimum atomic E-state index is -4.96. The second kappa shape index (κ2) is 10.8. The maximum atomic E-state index is 14.5. The Hall–Kier alpha value is -3.42. The minimum Gasteiger partial charge on any atom is -0.302 e. The van der Waals surface area contributed by atoms with Crippen molar-refractivity contribution in [2.75, 3.05) is 6.26 Å². The van der Waals surface area contributed by atoms with Crippen LogP contribution in [-0.2, 0) is 12.7 Å². The van der Waals surface area contributed by atoms with Gasteiger partial charge in [0.25, 0.3) is 5.56 Å². The van der Waals surface area contributed by atoms with Gasteiger partial charge in [0, 0.05) is 21.4 Å². The first-order chi connectivity index (χ1) is 17.9. The van der Waals surface area contributed by atoms with Gasteiger partial charge >= 0.3 is 6.18 Å². The molecule has 196 valence electrons. The van der Waals surface area contributed by atoms with Crippen molar-refractivity contribution in [3.63, 3.8) is 0 Å². The van der Waals surface area contributed by atoms with Gasteiger partial charge in [0.2, 0.25) is 0 Å². The molecule has 0 aliphatic carbocycles. The molecule has 0 unspecified atom stereocenters. The highest BCUT2D eigenvalue weighted by Gasteiger charge is 2.37. The summed E-state index contributed by atoms with van der Waals surface area (Å²) in [7, 11) is 0. The van der Waals surface area contributed by atoms with Crippen LogP contribution in [0.25, 0.3) is 21.0 Å². The standard InChI is InChI=1S/C28H21F5N2OS2/c1-15(2)17-8-18(10-20(9-17)37-3)25-6-7-26(38-25)24-12-22(28(31,32)33)21(13-34)27(36)35(24)14-16-4-5-19(29)11-23(16)30/h4-12,15H,14H2,1-3H3. The molecule has 0 saturated carbocycles. The molecular weight excluding hydrogens is 539 g/mol. The van der Waals surface area contributed by atoms with Crippen LogP contribution in [0.15, 0.2) is 64.3 Å². The zero-order chi connectivity index (χ0) is 27.8. The summed E-state index contributed by atoms with van der Waals surface area (Å²) in [6.07, 6.45) is -3.01. The number of benzene rings is 2. The first-order valence-corrected chi connectivity index (χ1v) is 13.5. The van der Waals surface area contributed by atoms with Gasteiger partial charge in [-0.05, 0) is 59.7 Å². The molecule has 2 aromatic carbocycles. The van der Waals surface area contributed by atoms with Gasteiger partial charge in [0.1, 0.15) is 23.3 Å². The lowest BCUT2D eigenvalue weighted by atomic mass is 10.0. The third-order valence-electron chi connectivity index (χ3n) is 6.04. The van der Waals surface area contributed by atoms with E-state index in [1.165, 1.54) is 17.4 Å². The minimum absolute atomic E-state index is 0.107. The van der Waals surface area contributed by atoms with Crippen LogP contribution < -0.4 is 5.56 Å². The number of alkyl halides is 3. The van der Waals surface area contributed by atoms with Gasteiger partial charge in [0.15, 0.2) is 0 Å². The third-order valence-corrected chi connectivity index (χ3v) is 7.90. The van der Waals surface area contributed by atoms with Gasteiger partial charge in [0.05, 0.1) is 22.7 Å². The Morgan fingerprint density at radius 3 is 2.34 bits per heavy atom. The summed E-state index contributed by atoms with van der Waals surface area (Å²) in [5, 5.41) is 9.39. The lowest BCUT2D eigenvalue weighted by Gasteiger charge is -2.17. The predicted octanol–water partition coefficient (Wildman–Crippen LogP) is 8.31. The van der Waals surface area contributed by atoms with Crippen molar-refractivity contribution < 1.29 is 22.0 Å². The SMILES string of the molecule is CSc1cc(-c2ccc(-c3cc(C(F)(F)F)c(C#N)c(=O)n3Cc3ccc(F)cc3F)s2)cc(C(C)C)c1. The van der Waals surface area contributed by atoms with Gasteiger partial charge in [-0.3, -0.25) is 4.79 Å². The molecule has 2 heterocycles. The van der Waals surface area contributed by atoms with Crippen molar-refractivity contribution in [1.82, 2.24) is 4.57 Å². The summed E-state index contributed by atoms with van der Waals surface area (Å²) in [5.74, 6) is -1.53. The van der Waals surface area contributed by atoms with Crippen LogP contribution >= 0.6 is 23.1 Å². The van der Waals surface area contributed by atoms with Crippen molar-refractivity contribution >= 4 is 23.1 Å². The summed E-state index contributed by atoms with van der Waals surface area (Å²) < 4.78 is 70.4. The molecule has 3 nitrogen and oxygen atoms in total. The molecule has 0 aliphatic rings. The molecule has 10 heteroatoms. The maximum Gasteiger partial charge on any atom is 0.417 e. The number of nitrogens with zero attached hydrogens (tertiary/aromatic N) is 2. The molecule has 38 heavy (non-hydrogen) atoms. The van der Waals surface area contributed by atoms with Crippen LogP contribution in [0.5, 0.6) is 0 Å². The molecule has 0 amide bonds. The maximum absolute atomic E-state index is 14.5. The monoisotopic (exact) mass is 560 g/mol. The lowest BCUT2D eigenvalue weighted by molar-refractivity contribution is -0.137. The van der Waals surface area contributed by atoms with Crippen molar-refractivity contribution in [2.45, 2.75) is 37.4 Å². The van der Waals surface area contributed by atoms with Crippen molar-refractivity contribution in [2.24, 2.45) is 0 Å². The molecule has 0 N–H and O–H groups in total. The van der Waals surface area contributed by atoms with Crippen LogP contribution in [0.2, 0.25) is 0 Å². The van der Waals surface area contributed by atoms with E-state index in [1.807, 2.05) is 18.4 Å². The number of aromatic nitrogens is 1. The summed E-state index contributed by atoms with van der Waals surface area (Å²) >= 11 is 2.75. The Labute approximate surface area is 224 Å². The first-order valence-electron chi connectivity index (χ1n) is 11.4. The molecule has 0 atom stereocenters. The zero-order valence-corrected chi connectivity index (χ0v) is 22.1. The van der Waals surface area contributed by atoms with Crippen LogP contribution in [-0.4, -0.2) is 10.8 Å². The molecule has 0 bridgehead atoms. The zero-order valence-electron chi connectivity index (χ0n) is 20.5. The van der Waals surface area contributed by atoms with E-state index in [2.05, 4.69) is 19.9 Å². The quantitative estimate of drug-likeness (QED) is 0.176. The highest BCUT2D eigenvalue weighted by atomic mass is 32.2. The largest absolute Gasteiger partial charge is 0.417 e. The summed E-state index contributed by atoms with van der Waals surface area (Å²) in [6.45, 7) is 3.64. The molecule has 2 aromatic heterocycles. The Bertz CT molecular complexity index is 1610. The van der Waals surface area contributed by atoms with Crippen LogP contribution in [0.3, 0.4) is 0 Å². The number of nitriles is 1. The second-order valence-corrected chi connectivity index (χ2v) is 10.8.